The van der Waals surface area contributed by atoms with Gasteiger partial charge < -0.3 is 0 Å². The third-order valence-corrected chi connectivity index (χ3v) is 4.74. The molecule has 25 heavy (non-hydrogen) atoms. The first-order valence-corrected chi connectivity index (χ1v) is 10.7. The molecule has 1 aliphatic heterocycles. The van der Waals surface area contributed by atoms with Crippen LogP contribution in [0.4, 0.5) is 0 Å². The summed E-state index contributed by atoms with van der Waals surface area (Å²) in [5.41, 5.74) is 3.01. The first-order chi connectivity index (χ1) is 12.3. The molecule has 0 atom stereocenters. The van der Waals surface area contributed by atoms with Crippen LogP contribution in [0.25, 0.3) is 0 Å². The normalized spacial score (nSPS) is 15.6. The average Bonchev–Trinajstić information content (AvgIpc) is 3.11. The van der Waals surface area contributed by atoms with Crippen LogP contribution in [0.3, 0.4) is 0 Å². The summed E-state index contributed by atoms with van der Waals surface area (Å²) in [4.78, 5) is 11.8. The summed E-state index contributed by atoms with van der Waals surface area (Å²) in [7, 11) is 0. The molecule has 1 heterocycles. The van der Waals surface area contributed by atoms with Crippen molar-refractivity contribution in [1.29, 1.82) is 0 Å². The van der Waals surface area contributed by atoms with Crippen LogP contribution in [0.15, 0.2) is 24.3 Å². The summed E-state index contributed by atoms with van der Waals surface area (Å²) in [6, 6.07) is 0. The topological polar surface area (TPSA) is 32.3 Å². The van der Waals surface area contributed by atoms with Crippen LogP contribution in [0.2, 0.25) is 0 Å². The molecule has 3 heteroatoms. The van der Waals surface area contributed by atoms with Gasteiger partial charge in [-0.25, -0.2) is 5.01 Å². The highest BCUT2D eigenvalue weighted by Crippen LogP contribution is 2.09. The van der Waals surface area contributed by atoms with Crippen molar-refractivity contribution in [2.75, 3.05) is 13.1 Å². The van der Waals surface area contributed by atoms with E-state index in [1.807, 2.05) is 0 Å². The fourth-order valence-electron chi connectivity index (χ4n) is 3.16. The fraction of sp³-hybridized carbons (Fsp3) is 0.773. The lowest BCUT2D eigenvalue weighted by Crippen LogP contribution is -2.39. The number of hydrogen-bond acceptors (Lipinski definition) is 2. The second-order valence-corrected chi connectivity index (χ2v) is 7.21. The maximum atomic E-state index is 11.8. The van der Waals surface area contributed by atoms with Gasteiger partial charge in [0.2, 0.25) is 5.91 Å². The molecule has 0 aliphatic carbocycles. The molecule has 1 rings (SSSR count). The minimum atomic E-state index is 0.201. The Kier molecular flexibility index (Phi) is 14.4. The molecule has 0 aromatic carbocycles. The number of nitrogens with zero attached hydrogens (tertiary/aromatic N) is 1. The van der Waals surface area contributed by atoms with Crippen LogP contribution in [0.1, 0.15) is 96.8 Å². The molecule has 3 nitrogen and oxygen atoms in total. The standard InChI is InChI=1S/C22H40N2O/c1-2-3-4-5-6-7-8-9-10-11-12-13-14-15-16-19-22(25)23-24-20-17-18-21-24/h6-7,9-10H,2-5,8,11-21H2,1H3,(H,23,25)/b7-6-,10-9-. The smallest absolute Gasteiger partial charge is 0.234 e. The molecule has 0 aromatic heterocycles. The van der Waals surface area contributed by atoms with Gasteiger partial charge in [0, 0.05) is 19.5 Å². The van der Waals surface area contributed by atoms with E-state index in [2.05, 4.69) is 41.7 Å². The van der Waals surface area contributed by atoms with Gasteiger partial charge in [-0.3, -0.25) is 10.2 Å². The van der Waals surface area contributed by atoms with Crippen molar-refractivity contribution in [2.24, 2.45) is 0 Å². The van der Waals surface area contributed by atoms with Crippen LogP contribution in [-0.4, -0.2) is 24.0 Å². The zero-order valence-corrected chi connectivity index (χ0v) is 16.5. The second-order valence-electron chi connectivity index (χ2n) is 7.21. The predicted octanol–water partition coefficient (Wildman–Crippen LogP) is 5.93. The Morgan fingerprint density at radius 3 is 2.12 bits per heavy atom. The quantitative estimate of drug-likeness (QED) is 0.294. The van der Waals surface area contributed by atoms with E-state index in [0.717, 1.165) is 25.9 Å². The van der Waals surface area contributed by atoms with Crippen molar-refractivity contribution in [2.45, 2.75) is 96.8 Å². The van der Waals surface area contributed by atoms with Crippen molar-refractivity contribution in [3.8, 4) is 0 Å². The highest BCUT2D eigenvalue weighted by Gasteiger charge is 2.13. The van der Waals surface area contributed by atoms with Crippen molar-refractivity contribution in [3.05, 3.63) is 24.3 Å². The molecular weight excluding hydrogens is 308 g/mol. The summed E-state index contributed by atoms with van der Waals surface area (Å²) < 4.78 is 0. The number of carbonyl (C=O) groups excluding carboxylic acids is 1. The van der Waals surface area contributed by atoms with E-state index in [9.17, 15) is 4.79 Å². The molecule has 1 aliphatic rings. The van der Waals surface area contributed by atoms with E-state index in [-0.39, 0.29) is 5.91 Å². The van der Waals surface area contributed by atoms with E-state index >= 15 is 0 Å². The molecule has 0 spiro atoms. The maximum absolute atomic E-state index is 11.8. The van der Waals surface area contributed by atoms with Crippen LogP contribution >= 0.6 is 0 Å². The maximum Gasteiger partial charge on any atom is 0.234 e. The summed E-state index contributed by atoms with van der Waals surface area (Å²) in [6.07, 6.45) is 25.8. The third-order valence-electron chi connectivity index (χ3n) is 4.74. The SMILES string of the molecule is CCCCC/C=C\C/C=C\CCCCCCCC(=O)NN1CCCC1. The monoisotopic (exact) mass is 348 g/mol. The van der Waals surface area contributed by atoms with Gasteiger partial charge in [0.1, 0.15) is 0 Å². The first kappa shape index (κ1) is 22.0. The zero-order chi connectivity index (χ0) is 18.0. The van der Waals surface area contributed by atoms with Gasteiger partial charge in [-0.05, 0) is 51.4 Å². The van der Waals surface area contributed by atoms with Gasteiger partial charge in [-0.1, -0.05) is 63.3 Å². The largest absolute Gasteiger partial charge is 0.289 e. The summed E-state index contributed by atoms with van der Waals surface area (Å²) in [5, 5.41) is 2.06. The van der Waals surface area contributed by atoms with Gasteiger partial charge in [0.15, 0.2) is 0 Å². The molecule has 144 valence electrons. The average molecular weight is 349 g/mol. The molecule has 1 fully saturated rings. The number of nitrogens with one attached hydrogen (secondary N) is 1. The van der Waals surface area contributed by atoms with Gasteiger partial charge >= 0.3 is 0 Å². The Morgan fingerprint density at radius 2 is 1.44 bits per heavy atom. The van der Waals surface area contributed by atoms with Crippen LogP contribution in [-0.2, 0) is 4.79 Å². The fourth-order valence-corrected chi connectivity index (χ4v) is 3.16. The molecule has 0 aromatic rings. The van der Waals surface area contributed by atoms with Crippen molar-refractivity contribution in [3.63, 3.8) is 0 Å². The molecule has 0 saturated carbocycles. The van der Waals surface area contributed by atoms with E-state index in [1.54, 1.807) is 0 Å². The lowest BCUT2D eigenvalue weighted by atomic mass is 10.1. The number of allylic oxidation sites excluding steroid dienone is 4. The first-order valence-electron chi connectivity index (χ1n) is 10.7. The lowest BCUT2D eigenvalue weighted by Gasteiger charge is -2.15. The van der Waals surface area contributed by atoms with Gasteiger partial charge in [-0.2, -0.15) is 0 Å². The number of rotatable bonds is 15. The third kappa shape index (κ3) is 13.8. The van der Waals surface area contributed by atoms with Crippen LogP contribution in [0, 0.1) is 0 Å². The molecule has 1 saturated heterocycles. The number of hydrazine groups is 1. The molecule has 0 radical (unpaired) electrons. The molecule has 0 bridgehead atoms. The van der Waals surface area contributed by atoms with Gasteiger partial charge in [0.05, 0.1) is 0 Å². The zero-order valence-electron chi connectivity index (χ0n) is 16.5. The molecule has 0 unspecified atom stereocenters. The summed E-state index contributed by atoms with van der Waals surface area (Å²) in [5.74, 6) is 0.201. The van der Waals surface area contributed by atoms with Crippen LogP contribution in [0.5, 0.6) is 0 Å². The minimum absolute atomic E-state index is 0.201. The van der Waals surface area contributed by atoms with Gasteiger partial charge in [-0.15, -0.1) is 0 Å². The lowest BCUT2D eigenvalue weighted by molar-refractivity contribution is -0.125. The Bertz CT molecular complexity index is 370. The van der Waals surface area contributed by atoms with Crippen molar-refractivity contribution in [1.82, 2.24) is 10.4 Å². The van der Waals surface area contributed by atoms with E-state index in [0.29, 0.717) is 6.42 Å². The Labute approximate surface area is 155 Å². The van der Waals surface area contributed by atoms with E-state index in [1.165, 1.54) is 70.6 Å². The van der Waals surface area contributed by atoms with Crippen LogP contribution < -0.4 is 5.43 Å². The molecule has 1 amide bonds. The number of hydrogen-bond donors (Lipinski definition) is 1. The van der Waals surface area contributed by atoms with Gasteiger partial charge in [0.25, 0.3) is 0 Å². The summed E-state index contributed by atoms with van der Waals surface area (Å²) >= 11 is 0. The highest BCUT2D eigenvalue weighted by atomic mass is 16.2. The van der Waals surface area contributed by atoms with Crippen molar-refractivity contribution < 1.29 is 4.79 Å². The molecular formula is C22H40N2O. The Balaban J connectivity index is 1.80. The minimum Gasteiger partial charge on any atom is -0.289 e. The molecule has 1 N–H and O–H groups in total. The number of amides is 1. The Morgan fingerprint density at radius 1 is 0.840 bits per heavy atom. The Hall–Kier alpha value is -1.09. The summed E-state index contributed by atoms with van der Waals surface area (Å²) in [6.45, 7) is 4.29. The predicted molar refractivity (Wildman–Crippen MR) is 108 cm³/mol. The highest BCUT2D eigenvalue weighted by molar-refractivity contribution is 5.75. The van der Waals surface area contributed by atoms with Crippen molar-refractivity contribution >= 4 is 5.91 Å². The second kappa shape index (κ2) is 16.4. The van der Waals surface area contributed by atoms with E-state index in [4.69, 9.17) is 0 Å². The van der Waals surface area contributed by atoms with E-state index < -0.39 is 0 Å². The number of unbranched alkanes of at least 4 members (excludes halogenated alkanes) is 8. The number of carbonyl (C=O) groups is 1.